The van der Waals surface area contributed by atoms with Crippen LogP contribution in [0.5, 0.6) is 0 Å². The minimum absolute atomic E-state index is 0.0471. The van der Waals surface area contributed by atoms with Crippen LogP contribution in [0.15, 0.2) is 12.1 Å². The smallest absolute Gasteiger partial charge is 0.251 e. The molecular weight excluding hydrogens is 240 g/mol. The predicted molar refractivity (Wildman–Crippen MR) is 78.6 cm³/mol. The van der Waals surface area contributed by atoms with Gasteiger partial charge in [0.05, 0.1) is 0 Å². The highest BCUT2D eigenvalue weighted by Crippen LogP contribution is 2.09. The van der Waals surface area contributed by atoms with E-state index in [1.54, 1.807) is 19.2 Å². The molecule has 0 atom stereocenters. The zero-order chi connectivity index (χ0) is 14.3. The molecule has 5 heteroatoms. The molecule has 0 aliphatic rings. The third-order valence-corrected chi connectivity index (χ3v) is 3.08. The molecule has 106 valence electrons. The number of nitrogens with zero attached hydrogens (tertiary/aromatic N) is 2. The van der Waals surface area contributed by atoms with Crippen LogP contribution in [0.4, 0.5) is 5.82 Å². The summed E-state index contributed by atoms with van der Waals surface area (Å²) in [7, 11) is 1.80. The van der Waals surface area contributed by atoms with Crippen LogP contribution in [0.3, 0.4) is 0 Å². The van der Waals surface area contributed by atoms with Gasteiger partial charge in [0.2, 0.25) is 0 Å². The number of hydrogen-bond donors (Lipinski definition) is 2. The number of likely N-dealkylation sites (N-methyl/N-ethyl adjacent to an activating group) is 1. The lowest BCUT2D eigenvalue weighted by molar-refractivity contribution is 0.0948. The molecule has 1 aromatic rings. The van der Waals surface area contributed by atoms with E-state index >= 15 is 0 Å². The van der Waals surface area contributed by atoms with Crippen molar-refractivity contribution in [1.82, 2.24) is 15.2 Å². The van der Waals surface area contributed by atoms with E-state index in [4.69, 9.17) is 0 Å². The number of aromatic nitrogens is 1. The van der Waals surface area contributed by atoms with Gasteiger partial charge in [0.1, 0.15) is 5.82 Å². The van der Waals surface area contributed by atoms with Crippen LogP contribution >= 0.6 is 0 Å². The first-order valence-corrected chi connectivity index (χ1v) is 6.77. The fraction of sp³-hybridized carbons (Fsp3) is 0.571. The third kappa shape index (κ3) is 4.87. The van der Waals surface area contributed by atoms with Crippen molar-refractivity contribution in [3.05, 3.63) is 23.4 Å². The summed E-state index contributed by atoms with van der Waals surface area (Å²) in [6.45, 7) is 9.68. The quantitative estimate of drug-likeness (QED) is 0.783. The van der Waals surface area contributed by atoms with Crippen molar-refractivity contribution in [3.63, 3.8) is 0 Å². The summed E-state index contributed by atoms with van der Waals surface area (Å²) in [6, 6.07) is 3.56. The second-order valence-corrected chi connectivity index (χ2v) is 4.42. The average Bonchev–Trinajstić information content (AvgIpc) is 2.42. The maximum atomic E-state index is 12.0. The molecule has 0 unspecified atom stereocenters. The van der Waals surface area contributed by atoms with Gasteiger partial charge in [-0.15, -0.1) is 0 Å². The highest BCUT2D eigenvalue weighted by Gasteiger charge is 2.08. The molecule has 0 fully saturated rings. The van der Waals surface area contributed by atoms with E-state index in [0.717, 1.165) is 25.3 Å². The maximum Gasteiger partial charge on any atom is 0.251 e. The molecule has 0 spiro atoms. The number of nitrogens with one attached hydrogen (secondary N) is 2. The number of pyridine rings is 1. The summed E-state index contributed by atoms with van der Waals surface area (Å²) in [4.78, 5) is 18.6. The van der Waals surface area contributed by atoms with E-state index in [1.165, 1.54) is 0 Å². The molecule has 2 N–H and O–H groups in total. The van der Waals surface area contributed by atoms with E-state index in [9.17, 15) is 4.79 Å². The summed E-state index contributed by atoms with van der Waals surface area (Å²) in [5.74, 6) is 0.669. The summed E-state index contributed by atoms with van der Waals surface area (Å²) in [5.41, 5.74) is 1.48. The van der Waals surface area contributed by atoms with Gasteiger partial charge in [0.25, 0.3) is 5.91 Å². The number of carbonyl (C=O) groups excluding carboxylic acids is 1. The Bertz CT molecular complexity index is 416. The fourth-order valence-corrected chi connectivity index (χ4v) is 1.90. The van der Waals surface area contributed by atoms with Gasteiger partial charge in [-0.25, -0.2) is 4.98 Å². The van der Waals surface area contributed by atoms with Crippen molar-refractivity contribution in [2.75, 3.05) is 38.5 Å². The molecule has 1 aromatic heterocycles. The van der Waals surface area contributed by atoms with E-state index in [1.807, 2.05) is 6.92 Å². The minimum Gasteiger partial charge on any atom is -0.373 e. The van der Waals surface area contributed by atoms with Gasteiger partial charge < -0.3 is 15.5 Å². The van der Waals surface area contributed by atoms with E-state index < -0.39 is 0 Å². The van der Waals surface area contributed by atoms with Crippen LogP contribution < -0.4 is 10.6 Å². The Labute approximate surface area is 115 Å². The molecule has 0 aliphatic carbocycles. The standard InChI is InChI=1S/C14H24N4O/c1-5-18(6-2)8-7-16-14(19)12-9-11(3)17-13(10-12)15-4/h9-10H,5-8H2,1-4H3,(H,15,17)(H,16,19). The first kappa shape index (κ1) is 15.4. The number of aryl methyl sites for hydroxylation is 1. The zero-order valence-electron chi connectivity index (χ0n) is 12.3. The molecule has 0 bridgehead atoms. The molecule has 0 saturated carbocycles. The number of rotatable bonds is 7. The monoisotopic (exact) mass is 264 g/mol. The van der Waals surface area contributed by atoms with E-state index in [2.05, 4.69) is 34.4 Å². The molecule has 1 rings (SSSR count). The molecule has 19 heavy (non-hydrogen) atoms. The van der Waals surface area contributed by atoms with E-state index in [0.29, 0.717) is 17.9 Å². The Kier molecular flexibility index (Phi) is 6.29. The lowest BCUT2D eigenvalue weighted by atomic mass is 10.2. The van der Waals surface area contributed by atoms with Crippen molar-refractivity contribution in [1.29, 1.82) is 0 Å². The van der Waals surface area contributed by atoms with Crippen molar-refractivity contribution >= 4 is 11.7 Å². The maximum absolute atomic E-state index is 12.0. The summed E-state index contributed by atoms with van der Waals surface area (Å²) in [6.07, 6.45) is 0. The number of anilines is 1. The van der Waals surface area contributed by atoms with Gasteiger partial charge in [0, 0.05) is 31.4 Å². The van der Waals surface area contributed by atoms with Crippen LogP contribution in [0, 0.1) is 6.92 Å². The van der Waals surface area contributed by atoms with Crippen LogP contribution in [-0.4, -0.2) is 49.0 Å². The highest BCUT2D eigenvalue weighted by atomic mass is 16.1. The van der Waals surface area contributed by atoms with Gasteiger partial charge in [-0.3, -0.25) is 4.79 Å². The lowest BCUT2D eigenvalue weighted by Crippen LogP contribution is -2.34. The third-order valence-electron chi connectivity index (χ3n) is 3.08. The average molecular weight is 264 g/mol. The zero-order valence-corrected chi connectivity index (χ0v) is 12.3. The molecular formula is C14H24N4O. The number of amides is 1. The largest absolute Gasteiger partial charge is 0.373 e. The second kappa shape index (κ2) is 7.74. The summed E-state index contributed by atoms with van der Waals surface area (Å²) >= 11 is 0. The molecule has 0 saturated heterocycles. The summed E-state index contributed by atoms with van der Waals surface area (Å²) < 4.78 is 0. The first-order chi connectivity index (χ1) is 9.10. The van der Waals surface area contributed by atoms with Crippen molar-refractivity contribution < 1.29 is 4.79 Å². The minimum atomic E-state index is -0.0471. The first-order valence-electron chi connectivity index (χ1n) is 6.77. The molecule has 1 amide bonds. The molecule has 0 aliphatic heterocycles. The van der Waals surface area contributed by atoms with Crippen molar-refractivity contribution in [2.24, 2.45) is 0 Å². The number of hydrogen-bond acceptors (Lipinski definition) is 4. The molecule has 1 heterocycles. The molecule has 5 nitrogen and oxygen atoms in total. The highest BCUT2D eigenvalue weighted by molar-refractivity contribution is 5.94. The van der Waals surface area contributed by atoms with Crippen LogP contribution in [-0.2, 0) is 0 Å². The second-order valence-electron chi connectivity index (χ2n) is 4.42. The Morgan fingerprint density at radius 3 is 2.58 bits per heavy atom. The Morgan fingerprint density at radius 1 is 1.32 bits per heavy atom. The van der Waals surface area contributed by atoms with Gasteiger partial charge in [-0.05, 0) is 32.1 Å². The van der Waals surface area contributed by atoms with Gasteiger partial charge in [-0.1, -0.05) is 13.8 Å². The van der Waals surface area contributed by atoms with Gasteiger partial charge in [-0.2, -0.15) is 0 Å². The Morgan fingerprint density at radius 2 is 2.00 bits per heavy atom. The number of carbonyl (C=O) groups is 1. The van der Waals surface area contributed by atoms with Gasteiger partial charge >= 0.3 is 0 Å². The van der Waals surface area contributed by atoms with Crippen molar-refractivity contribution in [3.8, 4) is 0 Å². The lowest BCUT2D eigenvalue weighted by Gasteiger charge is -2.18. The van der Waals surface area contributed by atoms with Crippen LogP contribution in [0.25, 0.3) is 0 Å². The van der Waals surface area contributed by atoms with Crippen LogP contribution in [0.2, 0.25) is 0 Å². The van der Waals surface area contributed by atoms with Gasteiger partial charge in [0.15, 0.2) is 0 Å². The van der Waals surface area contributed by atoms with Crippen LogP contribution in [0.1, 0.15) is 29.9 Å². The topological polar surface area (TPSA) is 57.3 Å². The summed E-state index contributed by atoms with van der Waals surface area (Å²) in [5, 5.41) is 5.90. The Hall–Kier alpha value is -1.62. The normalized spacial score (nSPS) is 10.6. The Balaban J connectivity index is 2.56. The predicted octanol–water partition coefficient (Wildman–Crippen LogP) is 1.50. The molecule has 0 aromatic carbocycles. The van der Waals surface area contributed by atoms with Crippen molar-refractivity contribution in [2.45, 2.75) is 20.8 Å². The fourth-order valence-electron chi connectivity index (χ4n) is 1.90. The SMILES string of the molecule is CCN(CC)CCNC(=O)c1cc(C)nc(NC)c1. The van der Waals surface area contributed by atoms with E-state index in [-0.39, 0.29) is 5.91 Å². The molecule has 0 radical (unpaired) electrons.